The lowest BCUT2D eigenvalue weighted by atomic mass is 10.0. The highest BCUT2D eigenvalue weighted by molar-refractivity contribution is 6.06. The molecule has 0 spiro atoms. The molecule has 0 aliphatic heterocycles. The van der Waals surface area contributed by atoms with E-state index in [1.807, 2.05) is 6.07 Å². The topological polar surface area (TPSA) is 66.4 Å². The Kier molecular flexibility index (Phi) is 2.78. The van der Waals surface area contributed by atoms with Gasteiger partial charge in [0, 0.05) is 12.6 Å². The molecular formula is C13H11NO3. The monoisotopic (exact) mass is 229 g/mol. The van der Waals surface area contributed by atoms with Crippen LogP contribution in [0.4, 0.5) is 0 Å². The van der Waals surface area contributed by atoms with E-state index in [-0.39, 0.29) is 11.5 Å². The summed E-state index contributed by atoms with van der Waals surface area (Å²) in [6, 6.07) is 10.0. The Bertz CT molecular complexity index is 605. The van der Waals surface area contributed by atoms with E-state index in [2.05, 4.69) is 5.32 Å². The van der Waals surface area contributed by atoms with Gasteiger partial charge < -0.3 is 10.4 Å². The Morgan fingerprint density at radius 1 is 1.18 bits per heavy atom. The zero-order chi connectivity index (χ0) is 12.4. The zero-order valence-electron chi connectivity index (χ0n) is 9.23. The lowest BCUT2D eigenvalue weighted by molar-refractivity contribution is 0.0698. The molecule has 86 valence electrons. The fourth-order valence-corrected chi connectivity index (χ4v) is 1.74. The van der Waals surface area contributed by atoms with E-state index in [1.54, 1.807) is 24.3 Å². The fourth-order valence-electron chi connectivity index (χ4n) is 1.74. The summed E-state index contributed by atoms with van der Waals surface area (Å²) < 4.78 is 0. The molecule has 4 heteroatoms. The van der Waals surface area contributed by atoms with Crippen LogP contribution in [0.15, 0.2) is 36.4 Å². The molecule has 0 aliphatic carbocycles. The van der Waals surface area contributed by atoms with Crippen LogP contribution in [0.25, 0.3) is 10.8 Å². The second-order valence-corrected chi connectivity index (χ2v) is 3.63. The number of aromatic carboxylic acids is 1. The first-order chi connectivity index (χ1) is 8.13. The molecule has 2 N–H and O–H groups in total. The molecule has 0 bridgehead atoms. The molecule has 4 nitrogen and oxygen atoms in total. The van der Waals surface area contributed by atoms with Gasteiger partial charge in [-0.1, -0.05) is 18.2 Å². The third-order valence-corrected chi connectivity index (χ3v) is 2.60. The first-order valence-electron chi connectivity index (χ1n) is 5.11. The SMILES string of the molecule is CNC(=O)c1ccc2cccc(C(=O)O)c2c1. The van der Waals surface area contributed by atoms with Crippen molar-refractivity contribution >= 4 is 22.6 Å². The molecule has 0 saturated heterocycles. The van der Waals surface area contributed by atoms with Crippen molar-refractivity contribution in [2.24, 2.45) is 0 Å². The first-order valence-corrected chi connectivity index (χ1v) is 5.11. The highest BCUT2D eigenvalue weighted by atomic mass is 16.4. The highest BCUT2D eigenvalue weighted by Gasteiger charge is 2.10. The molecule has 2 aromatic rings. The average molecular weight is 229 g/mol. The number of hydrogen-bond acceptors (Lipinski definition) is 2. The Labute approximate surface area is 97.9 Å². The quantitative estimate of drug-likeness (QED) is 0.826. The van der Waals surface area contributed by atoms with E-state index in [9.17, 15) is 9.59 Å². The number of hydrogen-bond donors (Lipinski definition) is 2. The molecule has 2 aromatic carbocycles. The summed E-state index contributed by atoms with van der Waals surface area (Å²) in [4.78, 5) is 22.5. The minimum Gasteiger partial charge on any atom is -0.478 e. The van der Waals surface area contributed by atoms with Crippen molar-refractivity contribution in [3.8, 4) is 0 Å². The summed E-state index contributed by atoms with van der Waals surface area (Å²) in [5.74, 6) is -1.23. The molecule has 17 heavy (non-hydrogen) atoms. The molecule has 0 fully saturated rings. The molecular weight excluding hydrogens is 218 g/mol. The molecule has 0 atom stereocenters. The van der Waals surface area contributed by atoms with Crippen LogP contribution >= 0.6 is 0 Å². The maximum Gasteiger partial charge on any atom is 0.336 e. The van der Waals surface area contributed by atoms with Crippen molar-refractivity contribution in [1.29, 1.82) is 0 Å². The smallest absolute Gasteiger partial charge is 0.336 e. The summed E-state index contributed by atoms with van der Waals surface area (Å²) >= 11 is 0. The maximum absolute atomic E-state index is 11.5. The predicted octanol–water partition coefficient (Wildman–Crippen LogP) is 1.90. The summed E-state index contributed by atoms with van der Waals surface area (Å²) in [5.41, 5.74) is 0.655. The van der Waals surface area contributed by atoms with Crippen molar-refractivity contribution in [1.82, 2.24) is 5.32 Å². The molecule has 0 aliphatic rings. The standard InChI is InChI=1S/C13H11NO3/c1-14-12(15)9-6-5-8-3-2-4-10(13(16)17)11(8)7-9/h2-7H,1H3,(H,14,15)(H,16,17). The second-order valence-electron chi connectivity index (χ2n) is 3.63. The third kappa shape index (κ3) is 1.97. The molecule has 2 rings (SSSR count). The number of carboxylic acid groups (broad SMARTS) is 1. The predicted molar refractivity (Wildman–Crippen MR) is 64.3 cm³/mol. The van der Waals surface area contributed by atoms with Gasteiger partial charge in [0.25, 0.3) is 5.91 Å². The number of amides is 1. The number of carbonyl (C=O) groups excluding carboxylic acids is 1. The maximum atomic E-state index is 11.5. The van der Waals surface area contributed by atoms with Gasteiger partial charge in [0.2, 0.25) is 0 Å². The highest BCUT2D eigenvalue weighted by Crippen LogP contribution is 2.20. The van der Waals surface area contributed by atoms with Gasteiger partial charge in [0.15, 0.2) is 0 Å². The number of carboxylic acids is 1. The second kappa shape index (κ2) is 4.25. The Hall–Kier alpha value is -2.36. The zero-order valence-corrected chi connectivity index (χ0v) is 9.23. The molecule has 0 heterocycles. The van der Waals surface area contributed by atoms with Crippen molar-refractivity contribution in [3.63, 3.8) is 0 Å². The number of rotatable bonds is 2. The van der Waals surface area contributed by atoms with Crippen molar-refractivity contribution < 1.29 is 14.7 Å². The lowest BCUT2D eigenvalue weighted by Crippen LogP contribution is -2.17. The van der Waals surface area contributed by atoms with Crippen LogP contribution in [-0.4, -0.2) is 24.0 Å². The van der Waals surface area contributed by atoms with Crippen LogP contribution < -0.4 is 5.32 Å². The Morgan fingerprint density at radius 3 is 2.59 bits per heavy atom. The number of nitrogens with one attached hydrogen (secondary N) is 1. The summed E-state index contributed by atoms with van der Waals surface area (Å²) in [5, 5.41) is 13.0. The van der Waals surface area contributed by atoms with Crippen LogP contribution in [0.1, 0.15) is 20.7 Å². The fraction of sp³-hybridized carbons (Fsp3) is 0.0769. The van der Waals surface area contributed by atoms with E-state index < -0.39 is 5.97 Å². The van der Waals surface area contributed by atoms with Gasteiger partial charge in [-0.2, -0.15) is 0 Å². The van der Waals surface area contributed by atoms with Gasteiger partial charge in [0.1, 0.15) is 0 Å². The minimum atomic E-state index is -0.996. The molecule has 1 amide bonds. The first kappa shape index (κ1) is 11.1. The lowest BCUT2D eigenvalue weighted by Gasteiger charge is -2.05. The van der Waals surface area contributed by atoms with Crippen LogP contribution in [0, 0.1) is 0 Å². The number of carbonyl (C=O) groups is 2. The van der Waals surface area contributed by atoms with E-state index in [0.717, 1.165) is 5.39 Å². The van der Waals surface area contributed by atoms with Gasteiger partial charge >= 0.3 is 5.97 Å². The Balaban J connectivity index is 2.70. The Morgan fingerprint density at radius 2 is 1.94 bits per heavy atom. The average Bonchev–Trinajstić information content (AvgIpc) is 2.36. The van der Waals surface area contributed by atoms with Crippen LogP contribution in [0.2, 0.25) is 0 Å². The molecule has 0 aromatic heterocycles. The molecule has 0 radical (unpaired) electrons. The van der Waals surface area contributed by atoms with Gasteiger partial charge in [-0.3, -0.25) is 4.79 Å². The normalized spacial score (nSPS) is 10.2. The van der Waals surface area contributed by atoms with Gasteiger partial charge in [-0.05, 0) is 29.0 Å². The molecule has 0 saturated carbocycles. The third-order valence-electron chi connectivity index (χ3n) is 2.60. The summed E-state index contributed by atoms with van der Waals surface area (Å²) in [6.45, 7) is 0. The van der Waals surface area contributed by atoms with Gasteiger partial charge in [-0.25, -0.2) is 4.79 Å². The van der Waals surface area contributed by atoms with E-state index in [1.165, 1.54) is 13.1 Å². The minimum absolute atomic E-state index is 0.202. The van der Waals surface area contributed by atoms with Crippen molar-refractivity contribution in [2.45, 2.75) is 0 Å². The van der Waals surface area contributed by atoms with E-state index >= 15 is 0 Å². The largest absolute Gasteiger partial charge is 0.478 e. The number of benzene rings is 2. The van der Waals surface area contributed by atoms with Crippen LogP contribution in [0.3, 0.4) is 0 Å². The van der Waals surface area contributed by atoms with E-state index in [4.69, 9.17) is 5.11 Å². The van der Waals surface area contributed by atoms with E-state index in [0.29, 0.717) is 10.9 Å². The van der Waals surface area contributed by atoms with Crippen molar-refractivity contribution in [2.75, 3.05) is 7.05 Å². The van der Waals surface area contributed by atoms with Gasteiger partial charge in [0.05, 0.1) is 5.56 Å². The van der Waals surface area contributed by atoms with Crippen LogP contribution in [-0.2, 0) is 0 Å². The summed E-state index contributed by atoms with van der Waals surface area (Å²) in [6.07, 6.45) is 0. The van der Waals surface area contributed by atoms with Crippen LogP contribution in [0.5, 0.6) is 0 Å². The van der Waals surface area contributed by atoms with Gasteiger partial charge in [-0.15, -0.1) is 0 Å². The van der Waals surface area contributed by atoms with Crippen molar-refractivity contribution in [3.05, 3.63) is 47.5 Å². The molecule has 0 unspecified atom stereocenters. The number of fused-ring (bicyclic) bond motifs is 1. The summed E-state index contributed by atoms with van der Waals surface area (Å²) in [7, 11) is 1.54.